The molecule has 7 nitrogen and oxygen atoms in total. The van der Waals surface area contributed by atoms with Gasteiger partial charge in [-0.15, -0.1) is 10.2 Å². The highest BCUT2D eigenvalue weighted by atomic mass is 35.5. The highest BCUT2D eigenvalue weighted by molar-refractivity contribution is 6.30. The summed E-state index contributed by atoms with van der Waals surface area (Å²) < 4.78 is 1.73. The molecule has 0 aliphatic heterocycles. The van der Waals surface area contributed by atoms with Crippen LogP contribution in [-0.2, 0) is 6.42 Å². The van der Waals surface area contributed by atoms with Crippen LogP contribution >= 0.6 is 11.6 Å². The predicted octanol–water partition coefficient (Wildman–Crippen LogP) is 2.69. The largest absolute Gasteiger partial charge is 0.237 e. The zero-order valence-electron chi connectivity index (χ0n) is 12.5. The van der Waals surface area contributed by atoms with Gasteiger partial charge in [0.15, 0.2) is 5.82 Å². The SMILES string of the molecule is Clc1ccc(Cc2ccn(-c3cc(-c4nn[nH]n4)ccn3)n2)cc1. The van der Waals surface area contributed by atoms with Gasteiger partial charge in [0.05, 0.1) is 5.69 Å². The fourth-order valence-electron chi connectivity index (χ4n) is 2.36. The maximum absolute atomic E-state index is 5.91. The number of hydrogen-bond donors (Lipinski definition) is 1. The summed E-state index contributed by atoms with van der Waals surface area (Å²) in [5.41, 5.74) is 2.92. The number of tetrazole rings is 1. The number of nitrogens with one attached hydrogen (secondary N) is 1. The van der Waals surface area contributed by atoms with Crippen LogP contribution in [0.3, 0.4) is 0 Å². The van der Waals surface area contributed by atoms with Crippen molar-refractivity contribution in [1.29, 1.82) is 0 Å². The number of hydrogen-bond acceptors (Lipinski definition) is 5. The zero-order chi connectivity index (χ0) is 16.4. The molecule has 0 spiro atoms. The van der Waals surface area contributed by atoms with Gasteiger partial charge in [-0.05, 0) is 41.1 Å². The lowest BCUT2D eigenvalue weighted by Crippen LogP contribution is -2.00. The van der Waals surface area contributed by atoms with Gasteiger partial charge in [0.25, 0.3) is 0 Å². The van der Waals surface area contributed by atoms with E-state index in [-0.39, 0.29) is 0 Å². The van der Waals surface area contributed by atoms with Gasteiger partial charge < -0.3 is 0 Å². The first-order valence-electron chi connectivity index (χ1n) is 7.27. The van der Waals surface area contributed by atoms with Gasteiger partial charge in [0.1, 0.15) is 0 Å². The summed E-state index contributed by atoms with van der Waals surface area (Å²) in [6.45, 7) is 0. The Morgan fingerprint density at radius 3 is 2.75 bits per heavy atom. The van der Waals surface area contributed by atoms with Crippen LogP contribution in [0.5, 0.6) is 0 Å². The van der Waals surface area contributed by atoms with E-state index in [1.165, 1.54) is 0 Å². The minimum atomic E-state index is 0.521. The van der Waals surface area contributed by atoms with E-state index < -0.39 is 0 Å². The maximum Gasteiger partial charge on any atom is 0.204 e. The van der Waals surface area contributed by atoms with Crippen LogP contribution in [0.2, 0.25) is 5.02 Å². The smallest absolute Gasteiger partial charge is 0.204 e. The third-order valence-electron chi connectivity index (χ3n) is 3.53. The van der Waals surface area contributed by atoms with Crippen molar-refractivity contribution < 1.29 is 0 Å². The molecule has 8 heteroatoms. The average molecular weight is 338 g/mol. The maximum atomic E-state index is 5.91. The number of aromatic nitrogens is 7. The summed E-state index contributed by atoms with van der Waals surface area (Å²) in [5.74, 6) is 1.21. The van der Waals surface area contributed by atoms with Crippen molar-refractivity contribution in [3.05, 3.63) is 71.1 Å². The summed E-state index contributed by atoms with van der Waals surface area (Å²) in [6, 6.07) is 13.4. The van der Waals surface area contributed by atoms with E-state index in [2.05, 4.69) is 30.7 Å². The molecule has 0 amide bonds. The Morgan fingerprint density at radius 1 is 1.08 bits per heavy atom. The molecule has 0 unspecified atom stereocenters. The number of H-pyrrole nitrogens is 1. The Hall–Kier alpha value is -3.06. The highest BCUT2D eigenvalue weighted by Gasteiger charge is 2.08. The van der Waals surface area contributed by atoms with Crippen LogP contribution in [0.4, 0.5) is 0 Å². The lowest BCUT2D eigenvalue weighted by atomic mass is 10.1. The number of halogens is 1. The lowest BCUT2D eigenvalue weighted by Gasteiger charge is -2.02. The monoisotopic (exact) mass is 337 g/mol. The van der Waals surface area contributed by atoms with Crippen molar-refractivity contribution >= 4 is 11.6 Å². The predicted molar refractivity (Wildman–Crippen MR) is 88.8 cm³/mol. The standard InChI is InChI=1S/C16H12ClN7/c17-13-3-1-11(2-4-13)9-14-6-8-24(21-14)15-10-12(5-7-18-15)16-19-22-23-20-16/h1-8,10H,9H2,(H,19,20,22,23). The summed E-state index contributed by atoms with van der Waals surface area (Å²) in [6.07, 6.45) is 4.31. The number of nitrogens with zero attached hydrogens (tertiary/aromatic N) is 6. The summed E-state index contributed by atoms with van der Waals surface area (Å²) >= 11 is 5.91. The molecule has 1 aromatic carbocycles. The second-order valence-corrected chi connectivity index (χ2v) is 5.63. The first kappa shape index (κ1) is 14.5. The first-order valence-corrected chi connectivity index (χ1v) is 7.65. The highest BCUT2D eigenvalue weighted by Crippen LogP contribution is 2.17. The quantitative estimate of drug-likeness (QED) is 0.619. The van der Waals surface area contributed by atoms with E-state index in [0.717, 1.165) is 28.3 Å². The molecule has 0 atom stereocenters. The number of pyridine rings is 1. The average Bonchev–Trinajstić information content (AvgIpc) is 3.29. The number of benzene rings is 1. The van der Waals surface area contributed by atoms with Gasteiger partial charge in [-0.3, -0.25) is 0 Å². The van der Waals surface area contributed by atoms with E-state index in [4.69, 9.17) is 11.6 Å². The zero-order valence-corrected chi connectivity index (χ0v) is 13.2. The van der Waals surface area contributed by atoms with E-state index in [0.29, 0.717) is 11.6 Å². The van der Waals surface area contributed by atoms with Crippen molar-refractivity contribution in [1.82, 2.24) is 35.4 Å². The minimum Gasteiger partial charge on any atom is -0.237 e. The Labute approximate surface area is 142 Å². The molecule has 3 heterocycles. The molecule has 0 bridgehead atoms. The van der Waals surface area contributed by atoms with E-state index in [1.54, 1.807) is 10.9 Å². The van der Waals surface area contributed by atoms with Crippen LogP contribution in [0.1, 0.15) is 11.3 Å². The van der Waals surface area contributed by atoms with Crippen LogP contribution in [-0.4, -0.2) is 35.4 Å². The van der Waals surface area contributed by atoms with E-state index in [9.17, 15) is 0 Å². The normalized spacial score (nSPS) is 10.9. The number of rotatable bonds is 4. The third-order valence-corrected chi connectivity index (χ3v) is 3.78. The first-order chi connectivity index (χ1) is 11.8. The van der Waals surface area contributed by atoms with Gasteiger partial charge in [-0.1, -0.05) is 23.7 Å². The summed E-state index contributed by atoms with van der Waals surface area (Å²) in [4.78, 5) is 4.35. The van der Waals surface area contributed by atoms with E-state index >= 15 is 0 Å². The Kier molecular flexibility index (Phi) is 3.76. The van der Waals surface area contributed by atoms with Gasteiger partial charge >= 0.3 is 0 Å². The molecular formula is C16H12ClN7. The topological polar surface area (TPSA) is 85.2 Å². The van der Waals surface area contributed by atoms with Crippen LogP contribution in [0.25, 0.3) is 17.2 Å². The molecular weight excluding hydrogens is 326 g/mol. The molecule has 118 valence electrons. The Bertz CT molecular complexity index is 945. The van der Waals surface area contributed by atoms with Crippen molar-refractivity contribution in [2.24, 2.45) is 0 Å². The Balaban J connectivity index is 1.58. The molecule has 0 fully saturated rings. The minimum absolute atomic E-state index is 0.521. The summed E-state index contributed by atoms with van der Waals surface area (Å²) in [7, 11) is 0. The second kappa shape index (κ2) is 6.21. The fourth-order valence-corrected chi connectivity index (χ4v) is 2.49. The van der Waals surface area contributed by atoms with Crippen LogP contribution in [0, 0.1) is 0 Å². The van der Waals surface area contributed by atoms with E-state index in [1.807, 2.05) is 48.7 Å². The van der Waals surface area contributed by atoms with Crippen molar-refractivity contribution in [3.8, 4) is 17.2 Å². The molecule has 4 rings (SSSR count). The van der Waals surface area contributed by atoms with Gasteiger partial charge in [-0.2, -0.15) is 10.3 Å². The Morgan fingerprint density at radius 2 is 1.96 bits per heavy atom. The van der Waals surface area contributed by atoms with Crippen molar-refractivity contribution in [2.45, 2.75) is 6.42 Å². The van der Waals surface area contributed by atoms with Crippen molar-refractivity contribution in [2.75, 3.05) is 0 Å². The lowest BCUT2D eigenvalue weighted by molar-refractivity contribution is 0.821. The molecule has 1 N–H and O–H groups in total. The van der Waals surface area contributed by atoms with Gasteiger partial charge in [0.2, 0.25) is 5.82 Å². The number of aromatic amines is 1. The van der Waals surface area contributed by atoms with Gasteiger partial charge in [0, 0.05) is 29.4 Å². The molecule has 0 saturated carbocycles. The molecule has 0 aliphatic rings. The molecule has 3 aromatic heterocycles. The second-order valence-electron chi connectivity index (χ2n) is 5.19. The molecule has 0 aliphatic carbocycles. The third kappa shape index (κ3) is 3.02. The summed E-state index contributed by atoms with van der Waals surface area (Å²) in [5, 5.41) is 19.3. The molecule has 0 saturated heterocycles. The van der Waals surface area contributed by atoms with Crippen LogP contribution in [0.15, 0.2) is 54.9 Å². The van der Waals surface area contributed by atoms with Crippen molar-refractivity contribution in [3.63, 3.8) is 0 Å². The molecule has 0 radical (unpaired) electrons. The molecule has 24 heavy (non-hydrogen) atoms. The fraction of sp³-hybridized carbons (Fsp3) is 0.0625. The van der Waals surface area contributed by atoms with Gasteiger partial charge in [-0.25, -0.2) is 9.67 Å². The molecule has 4 aromatic rings. The van der Waals surface area contributed by atoms with Crippen LogP contribution < -0.4 is 0 Å².